The average Bonchev–Trinajstić information content (AvgIpc) is 3.22. The van der Waals surface area contributed by atoms with E-state index in [0.717, 1.165) is 27.9 Å². The molecule has 3 aromatic heterocycles. The monoisotopic (exact) mass is 494 g/mol. The highest BCUT2D eigenvalue weighted by atomic mass is 16.5. The van der Waals surface area contributed by atoms with E-state index >= 15 is 0 Å². The topological polar surface area (TPSA) is 99.3 Å². The molecule has 0 saturated heterocycles. The van der Waals surface area contributed by atoms with Gasteiger partial charge in [0.2, 0.25) is 5.91 Å². The molecule has 0 bridgehead atoms. The summed E-state index contributed by atoms with van der Waals surface area (Å²) in [7, 11) is 1.60. The van der Waals surface area contributed by atoms with Gasteiger partial charge in [0.15, 0.2) is 0 Å². The Morgan fingerprint density at radius 2 is 1.86 bits per heavy atom. The van der Waals surface area contributed by atoms with Gasteiger partial charge in [-0.1, -0.05) is 23.4 Å². The normalized spacial score (nSPS) is 11.0. The molecule has 5 rings (SSSR count). The molecule has 1 N–H and O–H groups in total. The van der Waals surface area contributed by atoms with Gasteiger partial charge < -0.3 is 19.1 Å². The molecule has 0 fully saturated rings. The Bertz CT molecular complexity index is 1670. The van der Waals surface area contributed by atoms with E-state index in [1.54, 1.807) is 30.0 Å². The molecular weight excluding hydrogens is 468 g/mol. The first-order valence-electron chi connectivity index (χ1n) is 11.8. The average molecular weight is 495 g/mol. The van der Waals surface area contributed by atoms with Gasteiger partial charge in [-0.25, -0.2) is 0 Å². The van der Waals surface area contributed by atoms with Crippen LogP contribution in [0.1, 0.15) is 24.1 Å². The maximum Gasteiger partial charge on any atom is 0.259 e. The molecule has 0 aliphatic heterocycles. The summed E-state index contributed by atoms with van der Waals surface area (Å²) in [4.78, 5) is 30.0. The molecule has 1 amide bonds. The van der Waals surface area contributed by atoms with E-state index in [9.17, 15) is 9.59 Å². The van der Waals surface area contributed by atoms with Gasteiger partial charge in [0.05, 0.1) is 36.1 Å². The smallest absolute Gasteiger partial charge is 0.259 e. The molecule has 0 radical (unpaired) electrons. The van der Waals surface area contributed by atoms with Crippen LogP contribution in [0.2, 0.25) is 0 Å². The fourth-order valence-corrected chi connectivity index (χ4v) is 4.62. The lowest BCUT2D eigenvalue weighted by molar-refractivity contribution is -0.114. The van der Waals surface area contributed by atoms with Gasteiger partial charge >= 0.3 is 0 Å². The number of hydrogen-bond acceptors (Lipinski definition) is 6. The van der Waals surface area contributed by atoms with Crippen molar-refractivity contribution in [3.63, 3.8) is 0 Å². The number of carbonyl (C=O) groups is 1. The first kappa shape index (κ1) is 24.0. The number of fused-ring (bicyclic) bond motifs is 1. The third-order valence-electron chi connectivity index (χ3n) is 6.26. The van der Waals surface area contributed by atoms with Gasteiger partial charge in [0.1, 0.15) is 11.5 Å². The van der Waals surface area contributed by atoms with Crippen LogP contribution in [0.25, 0.3) is 33.2 Å². The van der Waals surface area contributed by atoms with Gasteiger partial charge in [-0.3, -0.25) is 14.6 Å². The van der Waals surface area contributed by atoms with Gasteiger partial charge in [0.25, 0.3) is 5.56 Å². The second kappa shape index (κ2) is 9.73. The van der Waals surface area contributed by atoms with Crippen molar-refractivity contribution in [2.24, 2.45) is 0 Å². The molecule has 3 heterocycles. The third kappa shape index (κ3) is 4.61. The lowest BCUT2D eigenvalue weighted by Crippen LogP contribution is -2.23. The van der Waals surface area contributed by atoms with Gasteiger partial charge in [0, 0.05) is 36.0 Å². The minimum atomic E-state index is -0.181. The molecule has 0 aliphatic rings. The number of nitrogens with zero attached hydrogens (tertiary/aromatic N) is 3. The second-order valence-corrected chi connectivity index (χ2v) is 8.84. The molecule has 0 aliphatic carbocycles. The van der Waals surface area contributed by atoms with Gasteiger partial charge in [-0.2, -0.15) is 0 Å². The standard InChI is InChI=1S/C29H26N4O4/c1-17-28(18(2)37-32-17)25-14-21-13-24(20-8-7-10-22(12-20)31-19(3)34)29(35)33(26(21)15-27(25)36-4)16-23-9-5-6-11-30-23/h5-15H,16H2,1-4H3,(H,31,34). The molecule has 186 valence electrons. The lowest BCUT2D eigenvalue weighted by Gasteiger charge is -2.17. The van der Waals surface area contributed by atoms with Crippen molar-refractivity contribution < 1.29 is 14.1 Å². The van der Waals surface area contributed by atoms with Crippen molar-refractivity contribution in [1.82, 2.24) is 14.7 Å². The molecule has 8 nitrogen and oxygen atoms in total. The molecule has 2 aromatic carbocycles. The van der Waals surface area contributed by atoms with Crippen LogP contribution in [0.4, 0.5) is 5.69 Å². The van der Waals surface area contributed by atoms with Gasteiger partial charge in [-0.15, -0.1) is 0 Å². The first-order chi connectivity index (χ1) is 17.9. The Morgan fingerprint density at radius 1 is 1.05 bits per heavy atom. The first-order valence-corrected chi connectivity index (χ1v) is 11.8. The number of ether oxygens (including phenoxy) is 1. The minimum absolute atomic E-state index is 0.176. The van der Waals surface area contributed by atoms with E-state index in [-0.39, 0.29) is 18.0 Å². The lowest BCUT2D eigenvalue weighted by atomic mass is 9.98. The van der Waals surface area contributed by atoms with Crippen LogP contribution in [0.5, 0.6) is 5.75 Å². The second-order valence-electron chi connectivity index (χ2n) is 8.84. The fraction of sp³-hybridized carbons (Fsp3) is 0.172. The number of hydrogen-bond donors (Lipinski definition) is 1. The zero-order chi connectivity index (χ0) is 26.1. The fourth-order valence-electron chi connectivity index (χ4n) is 4.62. The summed E-state index contributed by atoms with van der Waals surface area (Å²) in [5, 5.41) is 7.73. The molecule has 0 spiro atoms. The van der Waals surface area contributed by atoms with Crippen LogP contribution in [0.15, 0.2) is 76.2 Å². The Balaban J connectivity index is 1.80. The summed E-state index contributed by atoms with van der Waals surface area (Å²) in [6.07, 6.45) is 1.71. The van der Waals surface area contributed by atoms with E-state index in [1.807, 2.05) is 62.4 Å². The number of benzene rings is 2. The highest BCUT2D eigenvalue weighted by Crippen LogP contribution is 2.38. The summed E-state index contributed by atoms with van der Waals surface area (Å²) in [6.45, 7) is 5.48. The van der Waals surface area contributed by atoms with Crippen LogP contribution >= 0.6 is 0 Å². The van der Waals surface area contributed by atoms with Crippen molar-refractivity contribution in [3.05, 3.63) is 94.4 Å². The largest absolute Gasteiger partial charge is 0.496 e. The quantitative estimate of drug-likeness (QED) is 0.342. The van der Waals surface area contributed by atoms with Crippen LogP contribution in [0.3, 0.4) is 0 Å². The Morgan fingerprint density at radius 3 is 2.54 bits per heavy atom. The number of amides is 1. The number of carbonyl (C=O) groups excluding carboxylic acids is 1. The zero-order valence-electron chi connectivity index (χ0n) is 21.0. The predicted octanol–water partition coefficient (Wildman–Crippen LogP) is 5.35. The molecule has 5 aromatic rings. The third-order valence-corrected chi connectivity index (χ3v) is 6.26. The van der Waals surface area contributed by atoms with Crippen molar-refractivity contribution >= 4 is 22.5 Å². The summed E-state index contributed by atoms with van der Waals surface area (Å²) in [5.41, 5.74) is 5.54. The SMILES string of the molecule is COc1cc2c(cc1-c1c(C)noc1C)cc(-c1cccc(NC(C)=O)c1)c(=O)n2Cc1ccccn1. The number of nitrogens with one attached hydrogen (secondary N) is 1. The number of rotatable bonds is 6. The van der Waals surface area contributed by atoms with Crippen LogP contribution < -0.4 is 15.6 Å². The Labute approximate surface area is 213 Å². The Kier molecular flexibility index (Phi) is 6.31. The Hall–Kier alpha value is -4.72. The number of aryl methyl sites for hydroxylation is 2. The van der Waals surface area contributed by atoms with Crippen LogP contribution in [-0.2, 0) is 11.3 Å². The summed E-state index contributed by atoms with van der Waals surface area (Å²) in [5.74, 6) is 1.11. The number of methoxy groups -OCH3 is 1. The molecule has 37 heavy (non-hydrogen) atoms. The van der Waals surface area contributed by atoms with Crippen LogP contribution in [0, 0.1) is 13.8 Å². The predicted molar refractivity (Wildman–Crippen MR) is 143 cm³/mol. The maximum atomic E-state index is 13.9. The van der Waals surface area contributed by atoms with Crippen molar-refractivity contribution in [2.75, 3.05) is 12.4 Å². The van der Waals surface area contributed by atoms with Crippen molar-refractivity contribution in [1.29, 1.82) is 0 Å². The number of anilines is 1. The van der Waals surface area contributed by atoms with E-state index in [2.05, 4.69) is 15.5 Å². The molecular formula is C29H26N4O4. The summed E-state index contributed by atoms with van der Waals surface area (Å²) < 4.78 is 12.9. The van der Waals surface area contributed by atoms with Crippen molar-refractivity contribution in [3.8, 4) is 28.0 Å². The number of pyridine rings is 2. The molecule has 8 heteroatoms. The van der Waals surface area contributed by atoms with Crippen molar-refractivity contribution in [2.45, 2.75) is 27.3 Å². The van der Waals surface area contributed by atoms with E-state index in [4.69, 9.17) is 9.26 Å². The molecule has 0 atom stereocenters. The zero-order valence-corrected chi connectivity index (χ0v) is 21.0. The van der Waals surface area contributed by atoms with E-state index in [1.165, 1.54) is 6.92 Å². The van der Waals surface area contributed by atoms with Crippen LogP contribution in [-0.4, -0.2) is 27.7 Å². The van der Waals surface area contributed by atoms with E-state index in [0.29, 0.717) is 33.8 Å². The number of aromatic nitrogens is 3. The minimum Gasteiger partial charge on any atom is -0.496 e. The molecule has 0 unspecified atom stereocenters. The highest BCUT2D eigenvalue weighted by Gasteiger charge is 2.20. The van der Waals surface area contributed by atoms with E-state index < -0.39 is 0 Å². The molecule has 0 saturated carbocycles. The van der Waals surface area contributed by atoms with Gasteiger partial charge in [-0.05, 0) is 61.2 Å². The summed E-state index contributed by atoms with van der Waals surface area (Å²) in [6, 6.07) is 18.6. The maximum absolute atomic E-state index is 13.9. The summed E-state index contributed by atoms with van der Waals surface area (Å²) >= 11 is 0. The highest BCUT2D eigenvalue weighted by molar-refractivity contribution is 5.93.